The van der Waals surface area contributed by atoms with Gasteiger partial charge in [0.15, 0.2) is 17.7 Å². The molecule has 9 nitrogen and oxygen atoms in total. The van der Waals surface area contributed by atoms with Crippen molar-refractivity contribution < 1.29 is 38.3 Å². The van der Waals surface area contributed by atoms with Gasteiger partial charge < -0.3 is 38.5 Å². The second-order valence-electron chi connectivity index (χ2n) is 20.5. The number of hydrogen-bond acceptors (Lipinski definition) is 8. The number of ketones is 1. The standard InChI is InChI=1S/C42H55NO8/c1-35(2)23-18-21-20(28(44)27(23)36(3,4)51-35)11-12-24-26(21)22-17-19-13-16-41(45)39(9,40(19,10)30(22)43-24)15-14-25-42(41)32(49-42)29-31(46-25)37(5,6)50-34(47-29)33-38(7,8)48-33/h11-12,19,23,25,27,29,31-34,43,45H,13-18H2,1-10H3/t19?,23?,25-,27?,29+,31-,32+,33?,34-,39?,40+,41-,42-/m0/s1. The van der Waals surface area contributed by atoms with Gasteiger partial charge in [0, 0.05) is 38.9 Å². The molecule has 9 heteroatoms. The van der Waals surface area contributed by atoms with E-state index in [-0.39, 0.29) is 59.2 Å². The van der Waals surface area contributed by atoms with Crippen molar-refractivity contribution in [2.75, 3.05) is 0 Å². The van der Waals surface area contributed by atoms with Crippen molar-refractivity contribution in [3.05, 3.63) is 34.5 Å². The first-order chi connectivity index (χ1) is 23.7. The topological polar surface area (TPSA) is 115 Å². The van der Waals surface area contributed by atoms with E-state index in [2.05, 4.69) is 86.4 Å². The Labute approximate surface area is 300 Å². The number of Topliss-reactive ketones (excluding diaryl/α,β-unsaturated/α-hetero) is 1. The van der Waals surface area contributed by atoms with Crippen molar-refractivity contribution in [2.24, 2.45) is 23.2 Å². The van der Waals surface area contributed by atoms with Crippen LogP contribution in [0, 0.1) is 23.2 Å². The monoisotopic (exact) mass is 701 g/mol. The van der Waals surface area contributed by atoms with Gasteiger partial charge in [-0.15, -0.1) is 0 Å². The summed E-state index contributed by atoms with van der Waals surface area (Å²) in [5.41, 5.74) is 1.15. The van der Waals surface area contributed by atoms with E-state index >= 15 is 0 Å². The average Bonchev–Trinajstić information content (AvgIpc) is 3.83. The minimum atomic E-state index is -1.13. The molecule has 0 amide bonds. The smallest absolute Gasteiger partial charge is 0.187 e. The van der Waals surface area contributed by atoms with Gasteiger partial charge in [-0.05, 0) is 123 Å². The van der Waals surface area contributed by atoms with E-state index in [0.717, 1.165) is 43.2 Å². The molecule has 7 fully saturated rings. The first-order valence-corrected chi connectivity index (χ1v) is 19.7. The lowest BCUT2D eigenvalue weighted by atomic mass is 9.40. The lowest BCUT2D eigenvalue weighted by Crippen LogP contribution is -2.77. The van der Waals surface area contributed by atoms with Gasteiger partial charge >= 0.3 is 0 Å². The zero-order valence-electron chi connectivity index (χ0n) is 31.9. The summed E-state index contributed by atoms with van der Waals surface area (Å²) in [6.45, 7) is 21.5. The molecule has 6 heterocycles. The van der Waals surface area contributed by atoms with E-state index in [0.29, 0.717) is 12.3 Å². The van der Waals surface area contributed by atoms with Gasteiger partial charge in [-0.1, -0.05) is 13.8 Å². The summed E-state index contributed by atoms with van der Waals surface area (Å²) in [6.07, 6.45) is 3.08. The number of aromatic amines is 1. The Bertz CT molecular complexity index is 1940. The van der Waals surface area contributed by atoms with Crippen molar-refractivity contribution in [1.82, 2.24) is 4.98 Å². The van der Waals surface area contributed by atoms with Gasteiger partial charge in [-0.2, -0.15) is 0 Å². The Kier molecular flexibility index (Phi) is 5.74. The molecule has 1 aromatic heterocycles. The molecule has 9 aliphatic rings. The number of carbonyl (C=O) groups is 1. The lowest BCUT2D eigenvalue weighted by molar-refractivity contribution is -0.356. The molecule has 5 unspecified atom stereocenters. The van der Waals surface area contributed by atoms with Crippen molar-refractivity contribution >= 4 is 16.7 Å². The summed E-state index contributed by atoms with van der Waals surface area (Å²) in [5, 5.41) is 14.7. The van der Waals surface area contributed by atoms with E-state index in [1.54, 1.807) is 0 Å². The maximum absolute atomic E-state index is 14.3. The quantitative estimate of drug-likeness (QED) is 0.344. The molecule has 1 aromatic carbocycles. The Hall–Kier alpha value is -1.85. The van der Waals surface area contributed by atoms with Crippen LogP contribution in [0.1, 0.15) is 122 Å². The Morgan fingerprint density at radius 3 is 2.22 bits per heavy atom. The molecule has 13 atom stereocenters. The van der Waals surface area contributed by atoms with Crippen LogP contribution in [-0.4, -0.2) is 86.3 Å². The van der Waals surface area contributed by atoms with Crippen LogP contribution in [0.3, 0.4) is 0 Å². The second kappa shape index (κ2) is 8.98. The van der Waals surface area contributed by atoms with Crippen LogP contribution in [0.25, 0.3) is 10.9 Å². The lowest BCUT2D eigenvalue weighted by Gasteiger charge is -2.66. The fraction of sp³-hybridized carbons (Fsp3) is 0.786. The van der Waals surface area contributed by atoms with Gasteiger partial charge in [-0.25, -0.2) is 0 Å². The van der Waals surface area contributed by atoms with E-state index in [1.807, 2.05) is 0 Å². The molecule has 1 spiro atoms. The third-order valence-electron chi connectivity index (χ3n) is 16.7. The Morgan fingerprint density at radius 1 is 0.765 bits per heavy atom. The van der Waals surface area contributed by atoms with Gasteiger partial charge in [0.25, 0.3) is 0 Å². The number of hydrogen-bond donors (Lipinski definition) is 2. The van der Waals surface area contributed by atoms with Crippen LogP contribution in [0.2, 0.25) is 0 Å². The molecule has 276 valence electrons. The summed E-state index contributed by atoms with van der Waals surface area (Å²) in [7, 11) is 0. The summed E-state index contributed by atoms with van der Waals surface area (Å²) in [5.74, 6) is 0.550. The van der Waals surface area contributed by atoms with Crippen molar-refractivity contribution in [1.29, 1.82) is 0 Å². The second-order valence-corrected chi connectivity index (χ2v) is 20.5. The fourth-order valence-corrected chi connectivity index (χ4v) is 14.1. The molecule has 2 saturated carbocycles. The third-order valence-corrected chi connectivity index (χ3v) is 16.7. The molecule has 11 rings (SSSR count). The zero-order chi connectivity index (χ0) is 35.8. The Morgan fingerprint density at radius 2 is 1.49 bits per heavy atom. The number of nitrogens with one attached hydrogen (secondary N) is 1. The van der Waals surface area contributed by atoms with Gasteiger partial charge in [0.1, 0.15) is 30.0 Å². The molecule has 51 heavy (non-hydrogen) atoms. The molecular weight excluding hydrogens is 646 g/mol. The van der Waals surface area contributed by atoms with Crippen molar-refractivity contribution in [2.45, 2.75) is 184 Å². The number of aliphatic hydroxyl groups is 1. The normalized spacial score (nSPS) is 51.3. The van der Waals surface area contributed by atoms with E-state index in [4.69, 9.17) is 28.4 Å². The highest BCUT2D eigenvalue weighted by Crippen LogP contribution is 2.75. The van der Waals surface area contributed by atoms with E-state index in [1.165, 1.54) is 22.2 Å². The largest absolute Gasteiger partial charge is 0.386 e. The minimum absolute atomic E-state index is 0.119. The van der Waals surface area contributed by atoms with Gasteiger partial charge in [0.05, 0.1) is 34.4 Å². The molecule has 5 saturated heterocycles. The molecule has 0 bridgehead atoms. The molecule has 2 aromatic rings. The Balaban J connectivity index is 0.995. The van der Waals surface area contributed by atoms with Gasteiger partial charge in [0.2, 0.25) is 0 Å². The highest BCUT2D eigenvalue weighted by atomic mass is 16.8. The van der Waals surface area contributed by atoms with E-state index < -0.39 is 39.7 Å². The molecule has 4 aliphatic carbocycles. The number of fused-ring (bicyclic) bond motifs is 12. The molecule has 2 N–H and O–H groups in total. The number of carbonyl (C=O) groups excluding carboxylic acids is 1. The number of H-pyrrole nitrogens is 1. The number of epoxide rings is 2. The SMILES string of the molecule is CC1(C)OC(C)(C)C2C(=O)c3ccc4[nH]c5c(c4c3CC21)CC1CC[C@]2(O)C(C)(CC[C@@H]3O[C@H]4[C@@H](O[C@H](C6OC6(C)C)OC4(C)C)[C@H]4O[C@@]342)[C@@]51C. The maximum Gasteiger partial charge on any atom is 0.187 e. The minimum Gasteiger partial charge on any atom is -0.386 e. The molecule has 0 radical (unpaired) electrons. The van der Waals surface area contributed by atoms with Crippen LogP contribution < -0.4 is 0 Å². The number of aromatic nitrogens is 1. The van der Waals surface area contributed by atoms with Crippen LogP contribution >= 0.6 is 0 Å². The molecular formula is C42H55NO8. The van der Waals surface area contributed by atoms with Gasteiger partial charge in [-0.3, -0.25) is 4.79 Å². The highest BCUT2D eigenvalue weighted by molar-refractivity contribution is 6.06. The van der Waals surface area contributed by atoms with E-state index in [9.17, 15) is 9.90 Å². The predicted molar refractivity (Wildman–Crippen MR) is 188 cm³/mol. The predicted octanol–water partition coefficient (Wildman–Crippen LogP) is 6.08. The first-order valence-electron chi connectivity index (χ1n) is 19.7. The summed E-state index contributed by atoms with van der Waals surface area (Å²) in [6, 6.07) is 4.19. The third kappa shape index (κ3) is 3.50. The highest BCUT2D eigenvalue weighted by Gasteiger charge is 2.87. The summed E-state index contributed by atoms with van der Waals surface area (Å²) < 4.78 is 39.7. The van der Waals surface area contributed by atoms with Crippen LogP contribution in [-0.2, 0) is 46.7 Å². The average molecular weight is 702 g/mol. The number of ether oxygens (including phenoxy) is 6. The number of benzene rings is 1. The summed E-state index contributed by atoms with van der Waals surface area (Å²) in [4.78, 5) is 18.3. The van der Waals surface area contributed by atoms with Crippen molar-refractivity contribution in [3.63, 3.8) is 0 Å². The molecule has 5 aliphatic heterocycles. The van der Waals surface area contributed by atoms with Crippen molar-refractivity contribution in [3.8, 4) is 0 Å². The zero-order valence-corrected chi connectivity index (χ0v) is 31.9. The van der Waals surface area contributed by atoms with Crippen LogP contribution in [0.4, 0.5) is 0 Å². The van der Waals surface area contributed by atoms with Crippen LogP contribution in [0.5, 0.6) is 0 Å². The van der Waals surface area contributed by atoms with Crippen LogP contribution in [0.15, 0.2) is 12.1 Å². The maximum atomic E-state index is 14.3. The number of rotatable bonds is 1. The fourth-order valence-electron chi connectivity index (χ4n) is 14.1. The summed E-state index contributed by atoms with van der Waals surface area (Å²) >= 11 is 0. The first kappa shape index (κ1) is 32.6.